The van der Waals surface area contributed by atoms with E-state index in [1.165, 1.54) is 9.87 Å². The number of benzene rings is 2. The molecule has 0 aliphatic carbocycles. The molecule has 0 spiro atoms. The fraction of sp³-hybridized carbons (Fsp3) is 0.435. The fourth-order valence-corrected chi connectivity index (χ4v) is 5.62. The van der Waals surface area contributed by atoms with Gasteiger partial charge in [-0.05, 0) is 55.0 Å². The normalized spacial score (nSPS) is 15.5. The SMILES string of the molecule is COc1ccc(CCCNC(=O)C2CCN(S(=O)(=O)Cc3ccccc3Cl)CC2)cc1. The van der Waals surface area contributed by atoms with Crippen LogP contribution in [0.1, 0.15) is 30.4 Å². The van der Waals surface area contributed by atoms with E-state index >= 15 is 0 Å². The van der Waals surface area contributed by atoms with Crippen LogP contribution in [0, 0.1) is 5.92 Å². The Bertz CT molecular complexity index is 971. The molecule has 2 aromatic carbocycles. The van der Waals surface area contributed by atoms with E-state index in [4.69, 9.17) is 16.3 Å². The van der Waals surface area contributed by atoms with Crippen LogP contribution in [0.5, 0.6) is 5.75 Å². The third-order valence-electron chi connectivity index (χ3n) is 5.61. The smallest absolute Gasteiger partial charge is 0.223 e. The minimum atomic E-state index is -3.46. The number of piperidine rings is 1. The summed E-state index contributed by atoms with van der Waals surface area (Å²) in [5.41, 5.74) is 1.80. The maximum atomic E-state index is 12.7. The van der Waals surface area contributed by atoms with Crippen molar-refractivity contribution in [3.05, 3.63) is 64.7 Å². The summed E-state index contributed by atoms with van der Waals surface area (Å²) in [5, 5.41) is 3.45. The van der Waals surface area contributed by atoms with Crippen molar-refractivity contribution in [1.29, 1.82) is 0 Å². The standard InChI is InChI=1S/C23H29ClN2O4S/c1-30-21-10-8-18(9-11-21)5-4-14-25-23(27)19-12-15-26(16-13-19)31(28,29)17-20-6-2-3-7-22(20)24/h2-3,6-11,19H,4-5,12-17H2,1H3,(H,25,27). The first-order chi connectivity index (χ1) is 14.9. The van der Waals surface area contributed by atoms with Crippen molar-refractivity contribution in [2.45, 2.75) is 31.4 Å². The minimum Gasteiger partial charge on any atom is -0.497 e. The molecule has 1 aliphatic rings. The van der Waals surface area contributed by atoms with Crippen molar-refractivity contribution < 1.29 is 17.9 Å². The van der Waals surface area contributed by atoms with E-state index in [1.54, 1.807) is 31.4 Å². The summed E-state index contributed by atoms with van der Waals surface area (Å²) in [7, 11) is -1.81. The van der Waals surface area contributed by atoms with E-state index in [0.717, 1.165) is 18.6 Å². The van der Waals surface area contributed by atoms with Gasteiger partial charge in [0.25, 0.3) is 0 Å². The van der Waals surface area contributed by atoms with Crippen LogP contribution >= 0.6 is 11.6 Å². The average molecular weight is 465 g/mol. The highest BCUT2D eigenvalue weighted by molar-refractivity contribution is 7.88. The van der Waals surface area contributed by atoms with Crippen molar-refractivity contribution >= 4 is 27.5 Å². The third kappa shape index (κ3) is 6.69. The van der Waals surface area contributed by atoms with Crippen molar-refractivity contribution in [2.24, 2.45) is 5.92 Å². The topological polar surface area (TPSA) is 75.7 Å². The number of hydrogen-bond acceptors (Lipinski definition) is 4. The van der Waals surface area contributed by atoms with Gasteiger partial charge < -0.3 is 10.1 Å². The Morgan fingerprint density at radius 3 is 2.45 bits per heavy atom. The Hall–Kier alpha value is -2.09. The summed E-state index contributed by atoms with van der Waals surface area (Å²) >= 11 is 6.11. The first-order valence-electron chi connectivity index (χ1n) is 10.5. The van der Waals surface area contributed by atoms with Gasteiger partial charge in [0.1, 0.15) is 5.75 Å². The number of carbonyl (C=O) groups excluding carboxylic acids is 1. The first kappa shape index (κ1) is 23.6. The van der Waals surface area contributed by atoms with Crippen LogP contribution < -0.4 is 10.1 Å². The Morgan fingerprint density at radius 1 is 1.13 bits per heavy atom. The molecule has 0 radical (unpaired) electrons. The predicted molar refractivity (Wildman–Crippen MR) is 123 cm³/mol. The van der Waals surface area contributed by atoms with Crippen molar-refractivity contribution in [3.8, 4) is 5.75 Å². The molecule has 0 aromatic heterocycles. The molecule has 1 fully saturated rings. The highest BCUT2D eigenvalue weighted by Gasteiger charge is 2.31. The molecular formula is C23H29ClN2O4S. The molecule has 2 aromatic rings. The minimum absolute atomic E-state index is 0.0119. The lowest BCUT2D eigenvalue weighted by Crippen LogP contribution is -2.43. The van der Waals surface area contributed by atoms with Gasteiger partial charge in [0, 0.05) is 30.6 Å². The molecule has 0 bridgehead atoms. The molecule has 1 heterocycles. The maximum Gasteiger partial charge on any atom is 0.223 e. The second kappa shape index (κ2) is 11.0. The number of nitrogens with zero attached hydrogens (tertiary/aromatic N) is 1. The molecule has 168 valence electrons. The number of halogens is 1. The van der Waals surface area contributed by atoms with E-state index in [-0.39, 0.29) is 17.6 Å². The molecule has 1 amide bonds. The van der Waals surface area contributed by atoms with Gasteiger partial charge in [0.15, 0.2) is 0 Å². The molecule has 6 nitrogen and oxygen atoms in total. The van der Waals surface area contributed by atoms with Crippen LogP contribution in [0.3, 0.4) is 0 Å². The third-order valence-corrected chi connectivity index (χ3v) is 7.81. The van der Waals surface area contributed by atoms with Crippen LogP contribution in [0.15, 0.2) is 48.5 Å². The van der Waals surface area contributed by atoms with Crippen LogP contribution in [0.25, 0.3) is 0 Å². The van der Waals surface area contributed by atoms with Gasteiger partial charge in [0.05, 0.1) is 12.9 Å². The van der Waals surface area contributed by atoms with Crippen LogP contribution in [-0.4, -0.2) is 45.4 Å². The summed E-state index contributed by atoms with van der Waals surface area (Å²) < 4.78 is 32.1. The summed E-state index contributed by atoms with van der Waals surface area (Å²) in [5.74, 6) is 0.581. The number of amides is 1. The highest BCUT2D eigenvalue weighted by atomic mass is 35.5. The molecule has 3 rings (SSSR count). The predicted octanol–water partition coefficient (Wildman–Crippen LogP) is 3.64. The summed E-state index contributed by atoms with van der Waals surface area (Å²) in [4.78, 5) is 12.5. The van der Waals surface area contributed by atoms with Gasteiger partial charge in [-0.3, -0.25) is 4.79 Å². The molecule has 1 aliphatic heterocycles. The largest absolute Gasteiger partial charge is 0.497 e. The molecule has 0 atom stereocenters. The second-order valence-electron chi connectivity index (χ2n) is 7.76. The Morgan fingerprint density at radius 2 is 1.81 bits per heavy atom. The van der Waals surface area contributed by atoms with Gasteiger partial charge in [0.2, 0.25) is 15.9 Å². The summed E-state index contributed by atoms with van der Waals surface area (Å²) in [6.45, 7) is 1.32. The molecule has 0 saturated carbocycles. The van der Waals surface area contributed by atoms with Crippen LogP contribution in [0.2, 0.25) is 5.02 Å². The van der Waals surface area contributed by atoms with E-state index in [2.05, 4.69) is 5.32 Å². The number of carbonyl (C=O) groups is 1. The van der Waals surface area contributed by atoms with Gasteiger partial charge >= 0.3 is 0 Å². The lowest BCUT2D eigenvalue weighted by molar-refractivity contribution is -0.126. The monoisotopic (exact) mass is 464 g/mol. The highest BCUT2D eigenvalue weighted by Crippen LogP contribution is 2.24. The van der Waals surface area contributed by atoms with Crippen molar-refractivity contribution in [2.75, 3.05) is 26.7 Å². The Labute approximate surface area is 189 Å². The summed E-state index contributed by atoms with van der Waals surface area (Å²) in [6, 6.07) is 14.9. The summed E-state index contributed by atoms with van der Waals surface area (Å²) in [6.07, 6.45) is 2.80. The van der Waals surface area contributed by atoms with E-state index in [0.29, 0.717) is 43.1 Å². The van der Waals surface area contributed by atoms with Crippen molar-refractivity contribution in [3.63, 3.8) is 0 Å². The maximum absolute atomic E-state index is 12.7. The molecular weight excluding hydrogens is 436 g/mol. The molecule has 31 heavy (non-hydrogen) atoms. The number of nitrogens with one attached hydrogen (secondary N) is 1. The molecule has 1 saturated heterocycles. The molecule has 1 N–H and O–H groups in total. The van der Waals surface area contributed by atoms with Crippen LogP contribution in [-0.2, 0) is 27.0 Å². The Balaban J connectivity index is 1.40. The zero-order chi connectivity index (χ0) is 22.3. The van der Waals surface area contributed by atoms with Crippen molar-refractivity contribution in [1.82, 2.24) is 9.62 Å². The number of hydrogen-bond donors (Lipinski definition) is 1. The number of methoxy groups -OCH3 is 1. The van der Waals surface area contributed by atoms with Gasteiger partial charge in [-0.2, -0.15) is 0 Å². The number of aryl methyl sites for hydroxylation is 1. The molecule has 0 unspecified atom stereocenters. The van der Waals surface area contributed by atoms with E-state index in [9.17, 15) is 13.2 Å². The zero-order valence-electron chi connectivity index (χ0n) is 17.7. The van der Waals surface area contributed by atoms with Gasteiger partial charge in [-0.25, -0.2) is 12.7 Å². The number of ether oxygens (including phenoxy) is 1. The average Bonchev–Trinajstić information content (AvgIpc) is 2.78. The fourth-order valence-electron chi connectivity index (χ4n) is 3.74. The Kier molecular flexibility index (Phi) is 8.35. The zero-order valence-corrected chi connectivity index (χ0v) is 19.3. The lowest BCUT2D eigenvalue weighted by atomic mass is 9.97. The quantitative estimate of drug-likeness (QED) is 0.575. The van der Waals surface area contributed by atoms with E-state index in [1.807, 2.05) is 24.3 Å². The first-order valence-corrected chi connectivity index (χ1v) is 12.5. The van der Waals surface area contributed by atoms with E-state index < -0.39 is 10.0 Å². The van der Waals surface area contributed by atoms with Gasteiger partial charge in [-0.15, -0.1) is 0 Å². The molecule has 8 heteroatoms. The van der Waals surface area contributed by atoms with Gasteiger partial charge in [-0.1, -0.05) is 41.9 Å². The number of sulfonamides is 1. The number of rotatable bonds is 9. The second-order valence-corrected chi connectivity index (χ2v) is 10.1. The lowest BCUT2D eigenvalue weighted by Gasteiger charge is -2.30. The van der Waals surface area contributed by atoms with Crippen LogP contribution in [0.4, 0.5) is 0 Å².